The molecule has 1 heterocycles. The number of hydrogen-bond acceptors (Lipinski definition) is 5. The van der Waals surface area contributed by atoms with Gasteiger partial charge in [-0.15, -0.1) is 0 Å². The molecule has 0 spiro atoms. The summed E-state index contributed by atoms with van der Waals surface area (Å²) in [5, 5.41) is 2.36. The molecule has 12 heteroatoms. The molecule has 8 nitrogen and oxygen atoms in total. The maximum Gasteiger partial charge on any atom is 0.416 e. The van der Waals surface area contributed by atoms with Gasteiger partial charge in [-0.05, 0) is 25.1 Å². The lowest BCUT2D eigenvalue weighted by Crippen LogP contribution is -2.51. The SMILES string of the molecule is CC(NC(=O)CNS(=O)(=O)c1cccc(C(F)(F)F)c1)C(=O)N1CCOCC1. The number of nitrogens with one attached hydrogen (secondary N) is 2. The van der Waals surface area contributed by atoms with Gasteiger partial charge >= 0.3 is 6.18 Å². The van der Waals surface area contributed by atoms with E-state index in [-0.39, 0.29) is 5.91 Å². The fourth-order valence-electron chi connectivity index (χ4n) is 2.50. The van der Waals surface area contributed by atoms with Crippen LogP contribution >= 0.6 is 0 Å². The molecule has 1 aliphatic heterocycles. The van der Waals surface area contributed by atoms with Crippen LogP contribution in [0.5, 0.6) is 0 Å². The third-order valence-corrected chi connectivity index (χ3v) is 5.36. The zero-order valence-corrected chi connectivity index (χ0v) is 15.8. The number of morpholine rings is 1. The number of carbonyl (C=O) groups excluding carboxylic acids is 2. The molecule has 1 aromatic carbocycles. The van der Waals surface area contributed by atoms with Crippen LogP contribution in [0, 0.1) is 0 Å². The molecule has 1 unspecified atom stereocenters. The summed E-state index contributed by atoms with van der Waals surface area (Å²) in [6.45, 7) is 2.30. The lowest BCUT2D eigenvalue weighted by atomic mass is 10.2. The Hall–Kier alpha value is -2.18. The van der Waals surface area contributed by atoms with Gasteiger partial charge in [0, 0.05) is 13.1 Å². The van der Waals surface area contributed by atoms with Crippen molar-refractivity contribution in [2.75, 3.05) is 32.8 Å². The average Bonchev–Trinajstić information content (AvgIpc) is 2.66. The van der Waals surface area contributed by atoms with Gasteiger partial charge in [0.2, 0.25) is 21.8 Å². The summed E-state index contributed by atoms with van der Waals surface area (Å²) in [5.74, 6) is -1.12. The van der Waals surface area contributed by atoms with Crippen molar-refractivity contribution in [3.8, 4) is 0 Å². The van der Waals surface area contributed by atoms with Gasteiger partial charge in [0.1, 0.15) is 6.04 Å². The van der Waals surface area contributed by atoms with Crippen LogP contribution in [0.3, 0.4) is 0 Å². The Bertz CT molecular complexity index is 823. The number of benzene rings is 1. The van der Waals surface area contributed by atoms with Crippen molar-refractivity contribution >= 4 is 21.8 Å². The zero-order chi connectivity index (χ0) is 20.9. The summed E-state index contributed by atoms with van der Waals surface area (Å²) in [6.07, 6.45) is -4.70. The Kier molecular flexibility index (Phi) is 7.01. The first-order valence-electron chi connectivity index (χ1n) is 8.33. The molecule has 28 heavy (non-hydrogen) atoms. The maximum absolute atomic E-state index is 12.7. The van der Waals surface area contributed by atoms with Crippen LogP contribution in [-0.4, -0.2) is 64.0 Å². The summed E-state index contributed by atoms with van der Waals surface area (Å²) >= 11 is 0. The molecule has 2 N–H and O–H groups in total. The van der Waals surface area contributed by atoms with Gasteiger partial charge in [0.05, 0.1) is 30.2 Å². The smallest absolute Gasteiger partial charge is 0.378 e. The van der Waals surface area contributed by atoms with E-state index < -0.39 is 45.2 Å². The van der Waals surface area contributed by atoms with Gasteiger partial charge in [-0.25, -0.2) is 13.1 Å². The molecule has 156 valence electrons. The second-order valence-corrected chi connectivity index (χ2v) is 7.84. The number of alkyl halides is 3. The van der Waals surface area contributed by atoms with E-state index in [0.717, 1.165) is 18.2 Å². The molecule has 0 radical (unpaired) electrons. The minimum Gasteiger partial charge on any atom is -0.378 e. The van der Waals surface area contributed by atoms with Crippen molar-refractivity contribution < 1.29 is 35.9 Å². The average molecular weight is 423 g/mol. The molecule has 1 atom stereocenters. The van der Waals surface area contributed by atoms with E-state index in [4.69, 9.17) is 4.74 Å². The first-order chi connectivity index (χ1) is 13.0. The van der Waals surface area contributed by atoms with Gasteiger partial charge in [-0.1, -0.05) is 6.07 Å². The Morgan fingerprint density at radius 3 is 2.50 bits per heavy atom. The number of sulfonamides is 1. The highest BCUT2D eigenvalue weighted by molar-refractivity contribution is 7.89. The molecule has 1 aromatic rings. The fourth-order valence-corrected chi connectivity index (χ4v) is 3.52. The van der Waals surface area contributed by atoms with Crippen molar-refractivity contribution in [2.24, 2.45) is 0 Å². The van der Waals surface area contributed by atoms with Crippen LogP contribution in [0.25, 0.3) is 0 Å². The van der Waals surface area contributed by atoms with Crippen molar-refractivity contribution in [1.82, 2.24) is 14.9 Å². The van der Waals surface area contributed by atoms with Gasteiger partial charge in [-0.3, -0.25) is 9.59 Å². The van der Waals surface area contributed by atoms with E-state index >= 15 is 0 Å². The molecule has 2 rings (SSSR count). The molecular formula is C16H20F3N3O5S. The Morgan fingerprint density at radius 2 is 1.89 bits per heavy atom. The summed E-state index contributed by atoms with van der Waals surface area (Å²) < 4.78 is 69.5. The second-order valence-electron chi connectivity index (χ2n) is 6.08. The molecule has 0 bridgehead atoms. The number of amides is 2. The van der Waals surface area contributed by atoms with E-state index in [1.165, 1.54) is 11.8 Å². The number of nitrogens with zero attached hydrogens (tertiary/aromatic N) is 1. The van der Waals surface area contributed by atoms with Crippen molar-refractivity contribution in [3.05, 3.63) is 29.8 Å². The summed E-state index contributed by atoms with van der Waals surface area (Å²) in [7, 11) is -4.34. The normalized spacial score (nSPS) is 16.5. The van der Waals surface area contributed by atoms with Crippen LogP contribution in [-0.2, 0) is 30.5 Å². The maximum atomic E-state index is 12.7. The fraction of sp³-hybridized carbons (Fsp3) is 0.500. The largest absolute Gasteiger partial charge is 0.416 e. The minimum atomic E-state index is -4.70. The van der Waals surface area contributed by atoms with E-state index in [1.807, 2.05) is 4.72 Å². The molecular weight excluding hydrogens is 403 g/mol. The van der Waals surface area contributed by atoms with Crippen molar-refractivity contribution in [3.63, 3.8) is 0 Å². The van der Waals surface area contributed by atoms with E-state index in [1.54, 1.807) is 0 Å². The lowest BCUT2D eigenvalue weighted by molar-refractivity contribution is -0.139. The highest BCUT2D eigenvalue weighted by Gasteiger charge is 2.32. The Balaban J connectivity index is 1.93. The second kappa shape index (κ2) is 8.88. The summed E-state index contributed by atoms with van der Waals surface area (Å²) in [4.78, 5) is 25.0. The molecule has 2 amide bonds. The first-order valence-corrected chi connectivity index (χ1v) is 9.82. The number of carbonyl (C=O) groups is 2. The standard InChI is InChI=1S/C16H20F3N3O5S/c1-11(15(24)22-5-7-27-8-6-22)21-14(23)10-20-28(25,26)13-4-2-3-12(9-13)16(17,18)19/h2-4,9,11,20H,5-8,10H2,1H3,(H,21,23). The van der Waals surface area contributed by atoms with Crippen molar-refractivity contribution in [2.45, 2.75) is 24.0 Å². The first kappa shape index (κ1) is 22.1. The third kappa shape index (κ3) is 5.91. The molecule has 1 saturated heterocycles. The van der Waals surface area contributed by atoms with Crippen LogP contribution in [0.1, 0.15) is 12.5 Å². The molecule has 0 aromatic heterocycles. The number of halogens is 3. The van der Waals surface area contributed by atoms with Crippen molar-refractivity contribution in [1.29, 1.82) is 0 Å². The number of hydrogen-bond donors (Lipinski definition) is 2. The molecule has 1 aliphatic rings. The predicted molar refractivity (Wildman–Crippen MR) is 91.6 cm³/mol. The monoisotopic (exact) mass is 423 g/mol. The quantitative estimate of drug-likeness (QED) is 0.687. The van der Waals surface area contributed by atoms with Gasteiger partial charge in [-0.2, -0.15) is 13.2 Å². The third-order valence-electron chi connectivity index (χ3n) is 3.97. The van der Waals surface area contributed by atoms with Crippen LogP contribution in [0.15, 0.2) is 29.2 Å². The van der Waals surface area contributed by atoms with E-state index in [2.05, 4.69) is 5.32 Å². The predicted octanol–water partition coefficient (Wildman–Crippen LogP) is 0.347. The molecule has 0 aliphatic carbocycles. The molecule has 1 fully saturated rings. The van der Waals surface area contributed by atoms with Gasteiger partial charge < -0.3 is 15.0 Å². The van der Waals surface area contributed by atoms with Crippen LogP contribution < -0.4 is 10.0 Å². The topological polar surface area (TPSA) is 105 Å². The van der Waals surface area contributed by atoms with Gasteiger partial charge in [0.25, 0.3) is 0 Å². The van der Waals surface area contributed by atoms with Crippen LogP contribution in [0.2, 0.25) is 0 Å². The van der Waals surface area contributed by atoms with Crippen LogP contribution in [0.4, 0.5) is 13.2 Å². The summed E-state index contributed by atoms with van der Waals surface area (Å²) in [5.41, 5.74) is -1.12. The minimum absolute atomic E-state index is 0.336. The highest BCUT2D eigenvalue weighted by Crippen LogP contribution is 2.30. The zero-order valence-electron chi connectivity index (χ0n) is 15.0. The lowest BCUT2D eigenvalue weighted by Gasteiger charge is -2.29. The van der Waals surface area contributed by atoms with E-state index in [0.29, 0.717) is 32.4 Å². The highest BCUT2D eigenvalue weighted by atomic mass is 32.2. The number of rotatable bonds is 6. The van der Waals surface area contributed by atoms with E-state index in [9.17, 15) is 31.2 Å². The number of ether oxygens (including phenoxy) is 1. The Morgan fingerprint density at radius 1 is 1.25 bits per heavy atom. The molecule has 0 saturated carbocycles. The van der Waals surface area contributed by atoms with Gasteiger partial charge in [0.15, 0.2) is 0 Å². The summed E-state index contributed by atoms with van der Waals surface area (Å²) in [6, 6.07) is 2.28. The Labute approximate surface area is 160 Å².